The van der Waals surface area contributed by atoms with E-state index in [1.807, 2.05) is 14.0 Å². The number of hydrogen-bond acceptors (Lipinski definition) is 8. The largest absolute Gasteiger partial charge is 0.426 e. The summed E-state index contributed by atoms with van der Waals surface area (Å²) in [6.07, 6.45) is 1.61. The number of anilines is 1. The molecule has 7 nitrogen and oxygen atoms in total. The summed E-state index contributed by atoms with van der Waals surface area (Å²) in [5.41, 5.74) is 1.07. The maximum Gasteiger partial charge on any atom is 0.358 e. The minimum absolute atomic E-state index is 0.00426. The quantitative estimate of drug-likeness (QED) is 0.796. The second kappa shape index (κ2) is 4.39. The van der Waals surface area contributed by atoms with Crippen LogP contribution < -0.4 is 14.8 Å². The summed E-state index contributed by atoms with van der Waals surface area (Å²) < 4.78 is 20.9. The van der Waals surface area contributed by atoms with Crippen molar-refractivity contribution in [3.8, 4) is 23.7 Å². The van der Waals surface area contributed by atoms with Crippen molar-refractivity contribution in [1.29, 1.82) is 0 Å². The molecule has 1 spiro atoms. The van der Waals surface area contributed by atoms with Gasteiger partial charge in [-0.15, -0.1) is 0 Å². The highest BCUT2D eigenvalue weighted by Gasteiger charge is 2.67. The number of ketones is 1. The number of Topliss-reactive ketones (excluding diaryl/α,β-unsaturated/α-hetero) is 1. The summed E-state index contributed by atoms with van der Waals surface area (Å²) in [5, 5.41) is 3.07. The predicted molar refractivity (Wildman–Crippen MR) is 83.8 cm³/mol. The number of hydrogen-bond donors (Lipinski definition) is 1. The first-order chi connectivity index (χ1) is 11.6. The van der Waals surface area contributed by atoms with Crippen molar-refractivity contribution in [3.63, 3.8) is 0 Å². The molecule has 0 bridgehead atoms. The molecular formula is C16H11N3O4S. The Balaban J connectivity index is 1.44. The molecule has 5 rings (SSSR count). The number of aromatic nitrogens is 2. The van der Waals surface area contributed by atoms with Gasteiger partial charge in [0.25, 0.3) is 5.89 Å². The fraction of sp³-hybridized carbons (Fsp3) is 0.312. The van der Waals surface area contributed by atoms with Gasteiger partial charge in [0.2, 0.25) is 11.5 Å². The fourth-order valence-corrected chi connectivity index (χ4v) is 3.58. The van der Waals surface area contributed by atoms with E-state index in [4.69, 9.17) is 13.9 Å². The number of carbonyl (C=O) groups excluding carboxylic acids is 1. The standard InChI is InChI=1S/C16H11N3O4S/c1-7-10(17-2)8(19-24-7)3-4-9-18-14-15(21-9)23-13-11(22-14)12(20)16(13)5-6-16/h17H,5-6H2,1-2H3. The highest BCUT2D eigenvalue weighted by atomic mass is 32.1. The zero-order valence-corrected chi connectivity index (χ0v) is 13.7. The van der Waals surface area contributed by atoms with Gasteiger partial charge in [-0.1, -0.05) is 0 Å². The van der Waals surface area contributed by atoms with Crippen molar-refractivity contribution >= 4 is 23.0 Å². The van der Waals surface area contributed by atoms with E-state index < -0.39 is 5.41 Å². The number of fused-ring (bicyclic) bond motifs is 2. The predicted octanol–water partition coefficient (Wildman–Crippen LogP) is 2.23. The van der Waals surface area contributed by atoms with Crippen molar-refractivity contribution in [2.75, 3.05) is 12.4 Å². The Morgan fingerprint density at radius 2 is 2.12 bits per heavy atom. The third kappa shape index (κ3) is 1.65. The summed E-state index contributed by atoms with van der Waals surface area (Å²) in [4.78, 5) is 17.2. The Hall–Kier alpha value is -2.79. The third-order valence-electron chi connectivity index (χ3n) is 4.39. The molecule has 24 heavy (non-hydrogen) atoms. The smallest absolute Gasteiger partial charge is 0.358 e. The van der Waals surface area contributed by atoms with Gasteiger partial charge >= 0.3 is 11.8 Å². The third-order valence-corrected chi connectivity index (χ3v) is 5.14. The second-order valence-corrected chi connectivity index (χ2v) is 6.83. The van der Waals surface area contributed by atoms with Crippen LogP contribution in [0.15, 0.2) is 15.9 Å². The van der Waals surface area contributed by atoms with Crippen LogP contribution >= 0.6 is 11.5 Å². The van der Waals surface area contributed by atoms with Crippen LogP contribution in [0.5, 0.6) is 11.8 Å². The summed E-state index contributed by atoms with van der Waals surface area (Å²) in [6.45, 7) is 1.97. The van der Waals surface area contributed by atoms with Crippen LogP contribution in [-0.2, 0) is 4.79 Å². The van der Waals surface area contributed by atoms with Crippen LogP contribution in [0.3, 0.4) is 0 Å². The first-order valence-electron chi connectivity index (χ1n) is 7.44. The minimum atomic E-state index is -0.453. The molecule has 0 atom stereocenters. The summed E-state index contributed by atoms with van der Waals surface area (Å²) in [5.74, 6) is 7.02. The van der Waals surface area contributed by atoms with Crippen LogP contribution in [0.25, 0.3) is 0 Å². The highest BCUT2D eigenvalue weighted by molar-refractivity contribution is 7.06. The Morgan fingerprint density at radius 3 is 2.88 bits per heavy atom. The summed E-state index contributed by atoms with van der Waals surface area (Å²) in [7, 11) is 1.82. The first kappa shape index (κ1) is 13.6. The van der Waals surface area contributed by atoms with Crippen LogP contribution in [0.4, 0.5) is 5.69 Å². The van der Waals surface area contributed by atoms with Gasteiger partial charge in [0.05, 0.1) is 11.1 Å². The molecule has 2 aromatic rings. The number of oxazole rings is 1. The molecule has 120 valence electrons. The maximum atomic E-state index is 12.0. The Kier molecular flexibility index (Phi) is 2.49. The molecule has 0 aromatic carbocycles. The molecule has 0 radical (unpaired) electrons. The Bertz CT molecular complexity index is 1000. The van der Waals surface area contributed by atoms with Crippen LogP contribution in [0.1, 0.15) is 29.3 Å². The monoisotopic (exact) mass is 341 g/mol. The zero-order valence-electron chi connectivity index (χ0n) is 12.8. The molecule has 0 unspecified atom stereocenters. The number of nitrogens with one attached hydrogen (secondary N) is 1. The number of ether oxygens (including phenoxy) is 2. The number of carbonyl (C=O) groups is 1. The van der Waals surface area contributed by atoms with Crippen LogP contribution in [-0.4, -0.2) is 22.2 Å². The van der Waals surface area contributed by atoms with Crippen molar-refractivity contribution in [3.05, 3.63) is 28.0 Å². The topological polar surface area (TPSA) is 86.5 Å². The van der Waals surface area contributed by atoms with Crippen LogP contribution in [0.2, 0.25) is 0 Å². The lowest BCUT2D eigenvalue weighted by atomic mass is 9.84. The molecule has 1 N–H and O–H groups in total. The fourth-order valence-electron chi connectivity index (χ4n) is 2.92. The number of aryl methyl sites for hydroxylation is 1. The van der Waals surface area contributed by atoms with Crippen molar-refractivity contribution in [1.82, 2.24) is 9.36 Å². The average Bonchev–Trinajstić information content (AvgIpc) is 3.22. The normalized spacial score (nSPS) is 18.7. The second-order valence-electron chi connectivity index (χ2n) is 5.85. The number of rotatable bonds is 1. The Morgan fingerprint density at radius 1 is 1.29 bits per heavy atom. The van der Waals surface area contributed by atoms with E-state index in [2.05, 4.69) is 26.5 Å². The van der Waals surface area contributed by atoms with E-state index in [0.717, 1.165) is 23.4 Å². The molecule has 3 aliphatic rings. The van der Waals surface area contributed by atoms with E-state index in [-0.39, 0.29) is 29.3 Å². The molecule has 3 heterocycles. The lowest BCUT2D eigenvalue weighted by Crippen LogP contribution is -2.40. The minimum Gasteiger partial charge on any atom is -0.426 e. The van der Waals surface area contributed by atoms with Gasteiger partial charge in [-0.2, -0.15) is 9.36 Å². The summed E-state index contributed by atoms with van der Waals surface area (Å²) in [6, 6.07) is 0. The van der Waals surface area contributed by atoms with E-state index >= 15 is 0 Å². The number of allylic oxidation sites excluding steroid dienone is 2. The highest BCUT2D eigenvalue weighted by Crippen LogP contribution is 2.63. The van der Waals surface area contributed by atoms with Gasteiger partial charge < -0.3 is 19.2 Å². The van der Waals surface area contributed by atoms with E-state index in [1.54, 1.807) is 0 Å². The molecular weight excluding hydrogens is 330 g/mol. The summed E-state index contributed by atoms with van der Waals surface area (Å²) >= 11 is 1.37. The first-order valence-corrected chi connectivity index (χ1v) is 8.22. The molecule has 2 aromatic heterocycles. The van der Waals surface area contributed by atoms with Crippen molar-refractivity contribution in [2.24, 2.45) is 5.41 Å². The zero-order chi connectivity index (χ0) is 16.5. The van der Waals surface area contributed by atoms with E-state index in [1.165, 1.54) is 11.5 Å². The van der Waals surface area contributed by atoms with Gasteiger partial charge in [-0.3, -0.25) is 4.79 Å². The maximum absolute atomic E-state index is 12.0. The van der Waals surface area contributed by atoms with Gasteiger partial charge in [0.15, 0.2) is 11.5 Å². The molecule has 1 saturated carbocycles. The molecule has 1 fully saturated rings. The SMILES string of the molecule is CNc1c(C#Cc2nc3c(o2)OC2=C(O3)C(=O)C23CC3)nsc1C. The van der Waals surface area contributed by atoms with Gasteiger partial charge in [0.1, 0.15) is 0 Å². The molecule has 2 aliphatic carbocycles. The molecule has 8 heteroatoms. The molecule has 1 aliphatic heterocycles. The van der Waals surface area contributed by atoms with Crippen molar-refractivity contribution < 1.29 is 18.7 Å². The number of nitrogens with zero attached hydrogens (tertiary/aromatic N) is 2. The van der Waals surface area contributed by atoms with Crippen LogP contribution in [0, 0.1) is 24.2 Å². The molecule has 0 amide bonds. The van der Waals surface area contributed by atoms with Crippen molar-refractivity contribution in [2.45, 2.75) is 19.8 Å². The lowest BCUT2D eigenvalue weighted by Gasteiger charge is -2.31. The Labute approximate surface area is 140 Å². The van der Waals surface area contributed by atoms with Gasteiger partial charge in [-0.25, -0.2) is 0 Å². The average molecular weight is 341 g/mol. The van der Waals surface area contributed by atoms with Gasteiger partial charge in [-0.05, 0) is 37.2 Å². The lowest BCUT2D eigenvalue weighted by molar-refractivity contribution is -0.127. The van der Waals surface area contributed by atoms with E-state index in [0.29, 0.717) is 11.5 Å². The van der Waals surface area contributed by atoms with Gasteiger partial charge in [0, 0.05) is 17.8 Å². The van der Waals surface area contributed by atoms with E-state index in [9.17, 15) is 4.79 Å². The molecule has 0 saturated heterocycles.